The lowest BCUT2D eigenvalue weighted by Crippen LogP contribution is -2.20. The zero-order valence-electron chi connectivity index (χ0n) is 12.1. The Bertz CT molecular complexity index is 356. The van der Waals surface area contributed by atoms with Crippen LogP contribution in [-0.4, -0.2) is 13.2 Å². The Morgan fingerprint density at radius 2 is 2.00 bits per heavy atom. The van der Waals surface area contributed by atoms with Crippen molar-refractivity contribution in [1.82, 2.24) is 0 Å². The molecule has 0 radical (unpaired) electrons. The van der Waals surface area contributed by atoms with Crippen molar-refractivity contribution in [2.45, 2.75) is 45.6 Å². The molecule has 2 atom stereocenters. The van der Waals surface area contributed by atoms with Gasteiger partial charge in [-0.05, 0) is 24.0 Å². The molecule has 0 fully saturated rings. The Morgan fingerprint density at radius 3 is 2.58 bits per heavy atom. The van der Waals surface area contributed by atoms with Gasteiger partial charge in [0.1, 0.15) is 0 Å². The Morgan fingerprint density at radius 1 is 1.26 bits per heavy atom. The summed E-state index contributed by atoms with van der Waals surface area (Å²) in [6, 6.07) is 8.15. The van der Waals surface area contributed by atoms with Crippen LogP contribution in [0.2, 0.25) is 0 Å². The second-order valence-corrected chi connectivity index (χ2v) is 5.85. The highest BCUT2D eigenvalue weighted by Gasteiger charge is 2.15. The van der Waals surface area contributed by atoms with Crippen LogP contribution in [-0.2, 0) is 4.74 Å². The topological polar surface area (TPSA) is 35.2 Å². The maximum atomic E-state index is 6.05. The van der Waals surface area contributed by atoms with Crippen LogP contribution in [0.4, 0.5) is 0 Å². The Labute approximate surface area is 125 Å². The maximum Gasteiger partial charge on any atom is 0.0958 e. The number of ether oxygens (including phenoxy) is 1. The first-order chi connectivity index (χ1) is 9.22. The molecular formula is C16H26BrNO. The summed E-state index contributed by atoms with van der Waals surface area (Å²) in [5.74, 6) is 0.650. The summed E-state index contributed by atoms with van der Waals surface area (Å²) in [4.78, 5) is 0. The van der Waals surface area contributed by atoms with Gasteiger partial charge in [0.25, 0.3) is 0 Å². The molecule has 2 unspecified atom stereocenters. The number of rotatable bonds is 9. The molecule has 0 aromatic heterocycles. The highest BCUT2D eigenvalue weighted by Crippen LogP contribution is 2.26. The predicted molar refractivity (Wildman–Crippen MR) is 85.2 cm³/mol. The van der Waals surface area contributed by atoms with Crippen LogP contribution in [0, 0.1) is 5.92 Å². The summed E-state index contributed by atoms with van der Waals surface area (Å²) < 4.78 is 7.13. The second kappa shape index (κ2) is 9.51. The van der Waals surface area contributed by atoms with Gasteiger partial charge in [-0.15, -0.1) is 0 Å². The van der Waals surface area contributed by atoms with E-state index in [1.807, 2.05) is 18.2 Å². The predicted octanol–water partition coefficient (Wildman–Crippen LogP) is 4.68. The lowest BCUT2D eigenvalue weighted by Gasteiger charge is -2.21. The van der Waals surface area contributed by atoms with Crippen LogP contribution in [0.1, 0.15) is 51.2 Å². The fourth-order valence-corrected chi connectivity index (χ4v) is 2.71. The van der Waals surface area contributed by atoms with Gasteiger partial charge < -0.3 is 10.5 Å². The summed E-state index contributed by atoms with van der Waals surface area (Å²) in [6.45, 7) is 5.80. The van der Waals surface area contributed by atoms with Crippen molar-refractivity contribution < 1.29 is 4.74 Å². The van der Waals surface area contributed by atoms with Crippen molar-refractivity contribution in [1.29, 1.82) is 0 Å². The van der Waals surface area contributed by atoms with Gasteiger partial charge in [-0.3, -0.25) is 0 Å². The van der Waals surface area contributed by atoms with Crippen molar-refractivity contribution in [3.63, 3.8) is 0 Å². The van der Waals surface area contributed by atoms with E-state index in [-0.39, 0.29) is 6.10 Å². The van der Waals surface area contributed by atoms with Gasteiger partial charge in [-0.2, -0.15) is 0 Å². The van der Waals surface area contributed by atoms with Gasteiger partial charge in [0.15, 0.2) is 0 Å². The van der Waals surface area contributed by atoms with Crippen LogP contribution in [0.25, 0.3) is 0 Å². The SMILES string of the molecule is CCCCC(CC)COC(CN)c1ccccc1Br. The highest BCUT2D eigenvalue weighted by molar-refractivity contribution is 9.10. The molecule has 108 valence electrons. The lowest BCUT2D eigenvalue weighted by atomic mass is 10.0. The summed E-state index contributed by atoms with van der Waals surface area (Å²) in [7, 11) is 0. The van der Waals surface area contributed by atoms with E-state index in [1.54, 1.807) is 0 Å². The molecule has 0 heterocycles. The van der Waals surface area contributed by atoms with Gasteiger partial charge in [0.05, 0.1) is 12.7 Å². The molecule has 1 rings (SSSR count). The van der Waals surface area contributed by atoms with Gasteiger partial charge in [0, 0.05) is 11.0 Å². The molecule has 19 heavy (non-hydrogen) atoms. The van der Waals surface area contributed by atoms with E-state index in [0.29, 0.717) is 12.5 Å². The molecule has 0 saturated carbocycles. The largest absolute Gasteiger partial charge is 0.372 e. The van der Waals surface area contributed by atoms with Crippen molar-refractivity contribution in [3.05, 3.63) is 34.3 Å². The first-order valence-corrected chi connectivity index (χ1v) is 8.08. The zero-order valence-corrected chi connectivity index (χ0v) is 13.7. The lowest BCUT2D eigenvalue weighted by molar-refractivity contribution is 0.0295. The monoisotopic (exact) mass is 327 g/mol. The quantitative estimate of drug-likeness (QED) is 0.714. The minimum atomic E-state index is -0.00810. The fourth-order valence-electron chi connectivity index (χ4n) is 2.17. The average molecular weight is 328 g/mol. The third-order valence-corrected chi connectivity index (χ3v) is 4.26. The first-order valence-electron chi connectivity index (χ1n) is 7.28. The highest BCUT2D eigenvalue weighted by atomic mass is 79.9. The molecule has 2 N–H and O–H groups in total. The minimum absolute atomic E-state index is 0.00810. The van der Waals surface area contributed by atoms with Crippen molar-refractivity contribution in [2.75, 3.05) is 13.2 Å². The summed E-state index contributed by atoms with van der Waals surface area (Å²) in [6.07, 6.45) is 4.95. The Balaban J connectivity index is 2.55. The normalized spacial score (nSPS) is 14.3. The number of hydrogen-bond donors (Lipinski definition) is 1. The smallest absolute Gasteiger partial charge is 0.0958 e. The molecule has 3 heteroatoms. The molecular weight excluding hydrogens is 302 g/mol. The average Bonchev–Trinajstić information content (AvgIpc) is 2.44. The van der Waals surface area contributed by atoms with Crippen molar-refractivity contribution in [2.24, 2.45) is 11.7 Å². The van der Waals surface area contributed by atoms with Gasteiger partial charge in [0.2, 0.25) is 0 Å². The molecule has 0 aliphatic rings. The van der Waals surface area contributed by atoms with Gasteiger partial charge in [-0.1, -0.05) is 67.2 Å². The van der Waals surface area contributed by atoms with Crippen LogP contribution >= 0.6 is 15.9 Å². The standard InChI is InChI=1S/C16H26BrNO/c1-3-5-8-13(4-2)12-19-16(11-18)14-9-6-7-10-15(14)17/h6-7,9-10,13,16H,3-5,8,11-12,18H2,1-2H3. The summed E-state index contributed by atoms with van der Waals surface area (Å²) in [5, 5.41) is 0. The van der Waals surface area contributed by atoms with E-state index in [9.17, 15) is 0 Å². The van der Waals surface area contributed by atoms with Crippen molar-refractivity contribution in [3.8, 4) is 0 Å². The maximum absolute atomic E-state index is 6.05. The van der Waals surface area contributed by atoms with Gasteiger partial charge >= 0.3 is 0 Å². The molecule has 0 aliphatic carbocycles. The van der Waals surface area contributed by atoms with E-state index < -0.39 is 0 Å². The van der Waals surface area contributed by atoms with E-state index in [2.05, 4.69) is 35.8 Å². The van der Waals surface area contributed by atoms with Crippen LogP contribution < -0.4 is 5.73 Å². The molecule has 0 aliphatic heterocycles. The van der Waals surface area contributed by atoms with Crippen LogP contribution in [0.15, 0.2) is 28.7 Å². The van der Waals surface area contributed by atoms with E-state index in [4.69, 9.17) is 10.5 Å². The Kier molecular flexibility index (Phi) is 8.35. The Hall–Kier alpha value is -0.380. The molecule has 0 spiro atoms. The zero-order chi connectivity index (χ0) is 14.1. The third-order valence-electron chi connectivity index (χ3n) is 3.54. The summed E-state index contributed by atoms with van der Waals surface area (Å²) >= 11 is 3.57. The number of unbranched alkanes of at least 4 members (excludes halogenated alkanes) is 1. The second-order valence-electron chi connectivity index (χ2n) is 5.00. The van der Waals surface area contributed by atoms with E-state index >= 15 is 0 Å². The number of benzene rings is 1. The first kappa shape index (κ1) is 16.7. The van der Waals surface area contributed by atoms with Crippen LogP contribution in [0.3, 0.4) is 0 Å². The minimum Gasteiger partial charge on any atom is -0.372 e. The van der Waals surface area contributed by atoms with Crippen molar-refractivity contribution >= 4 is 15.9 Å². The van der Waals surface area contributed by atoms with Gasteiger partial charge in [-0.25, -0.2) is 0 Å². The van der Waals surface area contributed by atoms with Crippen LogP contribution in [0.5, 0.6) is 0 Å². The molecule has 2 nitrogen and oxygen atoms in total. The number of halogens is 1. The fraction of sp³-hybridized carbons (Fsp3) is 0.625. The number of hydrogen-bond acceptors (Lipinski definition) is 2. The molecule has 1 aromatic rings. The van der Waals surface area contributed by atoms with E-state index in [0.717, 1.165) is 16.6 Å². The molecule has 0 amide bonds. The molecule has 0 saturated heterocycles. The molecule has 0 bridgehead atoms. The number of nitrogens with two attached hydrogens (primary N) is 1. The van der Waals surface area contributed by atoms with E-state index in [1.165, 1.54) is 25.7 Å². The molecule has 1 aromatic carbocycles. The third kappa shape index (κ3) is 5.64. The summed E-state index contributed by atoms with van der Waals surface area (Å²) in [5.41, 5.74) is 7.00.